The van der Waals surface area contributed by atoms with Gasteiger partial charge in [0.05, 0.1) is 30.4 Å². The summed E-state index contributed by atoms with van der Waals surface area (Å²) in [5.74, 6) is -2.23. The van der Waals surface area contributed by atoms with E-state index in [9.17, 15) is 19.5 Å². The van der Waals surface area contributed by atoms with E-state index in [0.29, 0.717) is 11.4 Å². The van der Waals surface area contributed by atoms with Gasteiger partial charge in [0.15, 0.2) is 0 Å². The van der Waals surface area contributed by atoms with Crippen LogP contribution in [0.3, 0.4) is 0 Å². The van der Waals surface area contributed by atoms with Crippen molar-refractivity contribution in [2.45, 2.75) is 37.4 Å². The van der Waals surface area contributed by atoms with Crippen molar-refractivity contribution in [2.75, 3.05) is 0 Å². The first-order valence-corrected chi connectivity index (χ1v) is 9.39. The largest absolute Gasteiger partial charge is 0.480 e. The van der Waals surface area contributed by atoms with Crippen molar-refractivity contribution in [3.63, 3.8) is 0 Å². The van der Waals surface area contributed by atoms with Crippen molar-refractivity contribution >= 4 is 17.8 Å². The second-order valence-electron chi connectivity index (χ2n) is 6.99. The Morgan fingerprint density at radius 2 is 1.68 bits per heavy atom. The molecule has 13 heteroatoms. The summed E-state index contributed by atoms with van der Waals surface area (Å²) in [7, 11) is 0. The zero-order chi connectivity index (χ0) is 22.4. The van der Waals surface area contributed by atoms with E-state index >= 15 is 0 Å². The number of imidazole rings is 3. The molecule has 0 fully saturated rings. The molecule has 0 aliphatic heterocycles. The lowest BCUT2D eigenvalue weighted by Gasteiger charge is -2.17. The smallest absolute Gasteiger partial charge is 0.326 e. The molecule has 0 aliphatic rings. The van der Waals surface area contributed by atoms with Crippen LogP contribution in [0.15, 0.2) is 37.6 Å². The number of carbonyl (C=O) groups excluding carboxylic acids is 2. The average molecular weight is 429 g/mol. The van der Waals surface area contributed by atoms with E-state index in [2.05, 4.69) is 30.2 Å². The zero-order valence-electron chi connectivity index (χ0n) is 16.4. The lowest BCUT2D eigenvalue weighted by Crippen LogP contribution is -2.50. The van der Waals surface area contributed by atoms with Crippen molar-refractivity contribution in [3.05, 3.63) is 54.7 Å². The second kappa shape index (κ2) is 9.77. The van der Waals surface area contributed by atoms with E-state index in [1.807, 2.05) is 0 Å². The Bertz CT molecular complexity index is 1010. The highest BCUT2D eigenvalue weighted by Crippen LogP contribution is 2.05. The third kappa shape index (κ3) is 5.83. The van der Waals surface area contributed by atoms with E-state index in [4.69, 9.17) is 11.5 Å². The van der Waals surface area contributed by atoms with Crippen molar-refractivity contribution < 1.29 is 19.5 Å². The summed E-state index contributed by atoms with van der Waals surface area (Å²) in [5, 5.41) is 11.7. The normalized spacial score (nSPS) is 14.0. The molecule has 0 bridgehead atoms. The first kappa shape index (κ1) is 21.9. The molecule has 164 valence electrons. The molecule has 3 aromatic rings. The van der Waals surface area contributed by atoms with Crippen LogP contribution in [0.4, 0.5) is 0 Å². The molecular formula is C18H23N9O4. The fraction of sp³-hybridized carbons (Fsp3) is 0.333. The van der Waals surface area contributed by atoms with Gasteiger partial charge in [-0.05, 0) is 0 Å². The van der Waals surface area contributed by atoms with Gasteiger partial charge in [0.1, 0.15) is 12.4 Å². The number of hydrogen-bond acceptors (Lipinski definition) is 8. The van der Waals surface area contributed by atoms with Crippen molar-refractivity contribution in [2.24, 2.45) is 11.5 Å². The third-order valence-corrected chi connectivity index (χ3v) is 4.56. The quantitative estimate of drug-likeness (QED) is 0.215. The Balaban J connectivity index is 1.55. The number of amides is 1. The Morgan fingerprint density at radius 3 is 2.26 bits per heavy atom. The summed E-state index contributed by atoms with van der Waals surface area (Å²) in [6.45, 7) is 0. The summed E-state index contributed by atoms with van der Waals surface area (Å²) in [6.07, 6.45) is 9.04. The predicted molar refractivity (Wildman–Crippen MR) is 107 cm³/mol. The van der Waals surface area contributed by atoms with Crippen molar-refractivity contribution in [3.8, 4) is 0 Å². The topological polar surface area (TPSA) is 211 Å². The van der Waals surface area contributed by atoms with Gasteiger partial charge in [-0.1, -0.05) is 0 Å². The van der Waals surface area contributed by atoms with E-state index < -0.39 is 30.0 Å². The number of aliphatic carboxylic acids is 1. The molecular weight excluding hydrogens is 406 g/mol. The van der Waals surface area contributed by atoms with Gasteiger partial charge in [-0.2, -0.15) is 0 Å². The Kier molecular flexibility index (Phi) is 6.89. The molecule has 1 amide bonds. The molecule has 0 unspecified atom stereocenters. The molecule has 0 spiro atoms. The third-order valence-electron chi connectivity index (χ3n) is 4.56. The fourth-order valence-electron chi connectivity index (χ4n) is 2.91. The summed E-state index contributed by atoms with van der Waals surface area (Å²) in [4.78, 5) is 53.7. The van der Waals surface area contributed by atoms with Gasteiger partial charge in [0.2, 0.25) is 11.8 Å². The molecule has 31 heavy (non-hydrogen) atoms. The van der Waals surface area contributed by atoms with Crippen LogP contribution in [0.2, 0.25) is 0 Å². The number of carboxylic acid groups (broad SMARTS) is 1. The van der Waals surface area contributed by atoms with Crippen LogP contribution in [0.25, 0.3) is 0 Å². The summed E-state index contributed by atoms with van der Waals surface area (Å²) < 4.78 is 1.24. The molecule has 3 rings (SSSR count). The Labute approximate surface area is 176 Å². The lowest BCUT2D eigenvalue weighted by atomic mass is 10.1. The first-order chi connectivity index (χ1) is 14.8. The van der Waals surface area contributed by atoms with Gasteiger partial charge in [-0.25, -0.2) is 19.7 Å². The highest BCUT2D eigenvalue weighted by Gasteiger charge is 2.25. The van der Waals surface area contributed by atoms with Crippen LogP contribution in [0.5, 0.6) is 0 Å². The number of aromatic nitrogens is 6. The second-order valence-corrected chi connectivity index (χ2v) is 6.99. The average Bonchev–Trinajstić information content (AvgIpc) is 3.49. The molecule has 8 N–H and O–H groups in total. The van der Waals surface area contributed by atoms with Gasteiger partial charge in [-0.3, -0.25) is 14.2 Å². The summed E-state index contributed by atoms with van der Waals surface area (Å²) >= 11 is 0. The van der Waals surface area contributed by atoms with E-state index in [1.54, 1.807) is 6.20 Å². The molecule has 3 aromatic heterocycles. The molecule has 0 radical (unpaired) electrons. The van der Waals surface area contributed by atoms with Gasteiger partial charge in [0, 0.05) is 49.2 Å². The van der Waals surface area contributed by atoms with Crippen LogP contribution >= 0.6 is 0 Å². The number of carbonyl (C=O) groups is 3. The van der Waals surface area contributed by atoms with E-state index in [-0.39, 0.29) is 25.2 Å². The number of H-pyrrole nitrogens is 2. The molecule has 0 aliphatic carbocycles. The van der Waals surface area contributed by atoms with Crippen LogP contribution in [-0.2, 0) is 28.9 Å². The summed E-state index contributed by atoms with van der Waals surface area (Å²) in [6, 6.07) is -3.03. The van der Waals surface area contributed by atoms with Crippen LogP contribution < -0.4 is 16.8 Å². The van der Waals surface area contributed by atoms with E-state index in [1.165, 1.54) is 35.9 Å². The lowest BCUT2D eigenvalue weighted by molar-refractivity contribution is -0.142. The molecule has 0 saturated carbocycles. The maximum absolute atomic E-state index is 12.5. The highest BCUT2D eigenvalue weighted by molar-refractivity contribution is 5.87. The number of aromatic amines is 2. The maximum atomic E-state index is 12.5. The van der Waals surface area contributed by atoms with Crippen LogP contribution in [0, 0.1) is 0 Å². The molecule has 13 nitrogen and oxygen atoms in total. The molecule has 0 saturated heterocycles. The van der Waals surface area contributed by atoms with Gasteiger partial charge < -0.3 is 31.9 Å². The SMILES string of the molecule is N[C@@H](Cc1cn(C(=O)[C@@H](N)Cc2cnc[nH]2)cn1)C(=O)N[C@@H](Cc1cnc[nH]1)C(=O)O. The van der Waals surface area contributed by atoms with Gasteiger partial charge in [0.25, 0.3) is 0 Å². The first-order valence-electron chi connectivity index (χ1n) is 9.39. The minimum atomic E-state index is -1.20. The Morgan fingerprint density at radius 1 is 1.03 bits per heavy atom. The fourth-order valence-corrected chi connectivity index (χ4v) is 2.91. The monoisotopic (exact) mass is 429 g/mol. The van der Waals surface area contributed by atoms with Gasteiger partial charge in [-0.15, -0.1) is 0 Å². The highest BCUT2D eigenvalue weighted by atomic mass is 16.4. The number of nitrogens with one attached hydrogen (secondary N) is 3. The predicted octanol–water partition coefficient (Wildman–Crippen LogP) is -1.78. The number of hydrogen-bond donors (Lipinski definition) is 6. The van der Waals surface area contributed by atoms with Crippen LogP contribution in [-0.4, -0.2) is 70.5 Å². The number of rotatable bonds is 10. The molecule has 3 heterocycles. The zero-order valence-corrected chi connectivity index (χ0v) is 16.4. The number of nitrogens with two attached hydrogens (primary N) is 2. The van der Waals surface area contributed by atoms with Crippen LogP contribution in [0.1, 0.15) is 21.9 Å². The number of carboxylic acids is 1. The van der Waals surface area contributed by atoms with Crippen molar-refractivity contribution in [1.82, 2.24) is 34.8 Å². The summed E-state index contributed by atoms with van der Waals surface area (Å²) in [5.41, 5.74) is 13.5. The molecule has 0 aromatic carbocycles. The minimum Gasteiger partial charge on any atom is -0.480 e. The van der Waals surface area contributed by atoms with Gasteiger partial charge >= 0.3 is 5.97 Å². The minimum absolute atomic E-state index is 0.0122. The number of nitrogens with zero attached hydrogens (tertiary/aromatic N) is 4. The maximum Gasteiger partial charge on any atom is 0.326 e. The van der Waals surface area contributed by atoms with Crippen molar-refractivity contribution in [1.29, 1.82) is 0 Å². The standard InChI is InChI=1S/C18H23N9O4/c19-13(16(28)26-15(18(30)31)3-11-5-22-8-24-11)2-12-6-27(9-25-12)17(29)14(20)1-10-4-21-7-23-10/h4-9,13-15H,1-3,19-20H2,(H,21,23)(H,22,24)(H,26,28)(H,30,31)/t13-,14-,15-/m0/s1. The Hall–Kier alpha value is -3.84. The molecule has 3 atom stereocenters. The van der Waals surface area contributed by atoms with E-state index in [0.717, 1.165) is 5.69 Å².